The van der Waals surface area contributed by atoms with Crippen LogP contribution < -0.4 is 4.74 Å². The van der Waals surface area contributed by atoms with E-state index in [4.69, 9.17) is 4.74 Å². The van der Waals surface area contributed by atoms with E-state index < -0.39 is 0 Å². The molecule has 1 unspecified atom stereocenters. The van der Waals surface area contributed by atoms with Gasteiger partial charge in [-0.25, -0.2) is 0 Å². The third kappa shape index (κ3) is 10.5. The van der Waals surface area contributed by atoms with Crippen molar-refractivity contribution in [3.05, 3.63) is 54.1 Å². The van der Waals surface area contributed by atoms with E-state index in [1.165, 1.54) is 113 Å². The van der Waals surface area contributed by atoms with Crippen molar-refractivity contribution in [3.8, 4) is 22.9 Å². The lowest BCUT2D eigenvalue weighted by Crippen LogP contribution is -2.25. The molecule has 2 aromatic carbocycles. The maximum absolute atomic E-state index is 9.97. The number of hydrogen-bond acceptors (Lipinski definition) is 2. The molecule has 0 bridgehead atoms. The molecular weight excluding hydrogens is 462 g/mol. The van der Waals surface area contributed by atoms with Gasteiger partial charge in [-0.1, -0.05) is 121 Å². The molecule has 1 aliphatic rings. The van der Waals surface area contributed by atoms with Gasteiger partial charge in [0.05, 0.1) is 18.6 Å². The van der Waals surface area contributed by atoms with Crippen molar-refractivity contribution in [2.75, 3.05) is 6.61 Å². The van der Waals surface area contributed by atoms with Crippen LogP contribution in [0.2, 0.25) is 0 Å². The molecule has 0 spiro atoms. The van der Waals surface area contributed by atoms with Crippen LogP contribution in [0.4, 0.5) is 0 Å². The van der Waals surface area contributed by atoms with Gasteiger partial charge >= 0.3 is 0 Å². The molecule has 1 fully saturated rings. The van der Waals surface area contributed by atoms with Crippen LogP contribution in [0.3, 0.4) is 0 Å². The smallest absolute Gasteiger partial charge is 0.119 e. The number of unbranched alkanes of at least 4 members (excludes halogenated alkanes) is 7. The van der Waals surface area contributed by atoms with Gasteiger partial charge in [0.25, 0.3) is 0 Å². The second kappa shape index (κ2) is 17.3. The Kier molecular flexibility index (Phi) is 13.8. The molecule has 2 aromatic rings. The van der Waals surface area contributed by atoms with Crippen molar-refractivity contribution < 1.29 is 4.74 Å². The second-order valence-corrected chi connectivity index (χ2v) is 11.9. The summed E-state index contributed by atoms with van der Waals surface area (Å²) in [6.45, 7) is 5.33. The van der Waals surface area contributed by atoms with E-state index >= 15 is 0 Å². The van der Waals surface area contributed by atoms with Crippen LogP contribution in [0.1, 0.15) is 129 Å². The Balaban J connectivity index is 1.48. The minimum absolute atomic E-state index is 0.119. The average Bonchev–Trinajstić information content (AvgIpc) is 2.96. The third-order valence-corrected chi connectivity index (χ3v) is 8.82. The molecule has 0 amide bonds. The lowest BCUT2D eigenvalue weighted by Gasteiger charge is -2.38. The zero-order valence-electron chi connectivity index (χ0n) is 24.5. The van der Waals surface area contributed by atoms with Crippen LogP contribution in [0.25, 0.3) is 11.1 Å². The molecule has 0 saturated heterocycles. The second-order valence-electron chi connectivity index (χ2n) is 11.9. The van der Waals surface area contributed by atoms with Crippen LogP contribution in [-0.4, -0.2) is 6.61 Å². The highest BCUT2D eigenvalue weighted by Gasteiger charge is 2.31. The first kappa shape index (κ1) is 30.3. The zero-order valence-corrected chi connectivity index (χ0v) is 24.5. The topological polar surface area (TPSA) is 33.0 Å². The predicted molar refractivity (Wildman–Crippen MR) is 162 cm³/mol. The minimum Gasteiger partial charge on any atom is -0.494 e. The molecule has 38 heavy (non-hydrogen) atoms. The average molecular weight is 516 g/mol. The number of ether oxygens (including phenoxy) is 1. The van der Waals surface area contributed by atoms with Crippen LogP contribution in [-0.2, 0) is 6.42 Å². The molecule has 2 heteroatoms. The van der Waals surface area contributed by atoms with Gasteiger partial charge in [-0.05, 0) is 79.2 Å². The number of rotatable bonds is 18. The Bertz CT molecular complexity index is 917. The Morgan fingerprint density at radius 1 is 0.737 bits per heavy atom. The van der Waals surface area contributed by atoms with E-state index in [0.29, 0.717) is 5.41 Å². The van der Waals surface area contributed by atoms with E-state index in [-0.39, 0.29) is 5.92 Å². The standard InChI is InChI=1S/C36H53NO/c1-3-5-7-9-11-24-36(25-12-10-13-26-36)27-23-32(30-37)29-31-15-17-33(18-16-31)34-19-21-35(22-20-34)38-28-14-8-6-4-2/h15-22,32H,3-14,23-29H2,1-2H3. The molecule has 2 nitrogen and oxygen atoms in total. The fraction of sp³-hybridized carbons (Fsp3) is 0.639. The van der Waals surface area contributed by atoms with Gasteiger partial charge in [0.1, 0.15) is 5.75 Å². The monoisotopic (exact) mass is 515 g/mol. The van der Waals surface area contributed by atoms with Crippen molar-refractivity contribution in [1.29, 1.82) is 5.26 Å². The van der Waals surface area contributed by atoms with Crippen LogP contribution >= 0.6 is 0 Å². The highest BCUT2D eigenvalue weighted by molar-refractivity contribution is 5.64. The van der Waals surface area contributed by atoms with Gasteiger partial charge in [0.15, 0.2) is 0 Å². The molecule has 1 aliphatic carbocycles. The Labute approximate surface area is 234 Å². The van der Waals surface area contributed by atoms with Gasteiger partial charge in [-0.2, -0.15) is 5.26 Å². The number of hydrogen-bond donors (Lipinski definition) is 0. The van der Waals surface area contributed by atoms with Gasteiger partial charge in [0, 0.05) is 0 Å². The molecule has 3 rings (SSSR count). The van der Waals surface area contributed by atoms with Crippen LogP contribution in [0.15, 0.2) is 48.5 Å². The molecule has 0 aliphatic heterocycles. The summed E-state index contributed by atoms with van der Waals surface area (Å²) >= 11 is 0. The van der Waals surface area contributed by atoms with Crippen LogP contribution in [0.5, 0.6) is 5.75 Å². The van der Waals surface area contributed by atoms with Gasteiger partial charge in [-0.3, -0.25) is 0 Å². The summed E-state index contributed by atoms with van der Waals surface area (Å²) in [5, 5.41) is 9.97. The normalized spacial score (nSPS) is 15.6. The predicted octanol–water partition coefficient (Wildman–Crippen LogP) is 11.1. The van der Waals surface area contributed by atoms with Crippen molar-refractivity contribution in [3.63, 3.8) is 0 Å². The van der Waals surface area contributed by atoms with Crippen LogP contribution in [0, 0.1) is 22.7 Å². The van der Waals surface area contributed by atoms with Crippen molar-refractivity contribution in [2.24, 2.45) is 11.3 Å². The van der Waals surface area contributed by atoms with Gasteiger partial charge in [0.2, 0.25) is 0 Å². The van der Waals surface area contributed by atoms with Gasteiger partial charge < -0.3 is 4.74 Å². The maximum atomic E-state index is 9.97. The maximum Gasteiger partial charge on any atom is 0.119 e. The Morgan fingerprint density at radius 3 is 1.97 bits per heavy atom. The van der Waals surface area contributed by atoms with E-state index in [2.05, 4.69) is 68.4 Å². The van der Waals surface area contributed by atoms with E-state index in [0.717, 1.165) is 31.6 Å². The first-order valence-corrected chi connectivity index (χ1v) is 15.9. The minimum atomic E-state index is 0.119. The largest absolute Gasteiger partial charge is 0.494 e. The number of nitrogens with zero attached hydrogens (tertiary/aromatic N) is 1. The molecule has 1 saturated carbocycles. The van der Waals surface area contributed by atoms with Crippen molar-refractivity contribution in [1.82, 2.24) is 0 Å². The van der Waals surface area contributed by atoms with E-state index in [1.807, 2.05) is 0 Å². The third-order valence-electron chi connectivity index (χ3n) is 8.82. The molecule has 0 aromatic heterocycles. The molecule has 208 valence electrons. The summed E-state index contributed by atoms with van der Waals surface area (Å²) in [6.07, 6.45) is 23.2. The highest BCUT2D eigenvalue weighted by Crippen LogP contribution is 2.45. The summed E-state index contributed by atoms with van der Waals surface area (Å²) in [7, 11) is 0. The summed E-state index contributed by atoms with van der Waals surface area (Å²) in [6, 6.07) is 20.0. The first-order valence-electron chi connectivity index (χ1n) is 15.9. The number of nitriles is 1. The van der Waals surface area contributed by atoms with Crippen molar-refractivity contribution in [2.45, 2.75) is 129 Å². The SMILES string of the molecule is CCCCCCCC1(CCC(C#N)Cc2ccc(-c3ccc(OCCCCCC)cc3)cc2)CCCCC1. The fourth-order valence-corrected chi connectivity index (χ4v) is 6.30. The van der Waals surface area contributed by atoms with Crippen molar-refractivity contribution >= 4 is 0 Å². The summed E-state index contributed by atoms with van der Waals surface area (Å²) in [5.41, 5.74) is 4.23. The summed E-state index contributed by atoms with van der Waals surface area (Å²) in [4.78, 5) is 0. The first-order chi connectivity index (χ1) is 18.7. The molecule has 0 heterocycles. The highest BCUT2D eigenvalue weighted by atomic mass is 16.5. The number of benzene rings is 2. The lowest BCUT2D eigenvalue weighted by molar-refractivity contribution is 0.143. The molecule has 1 atom stereocenters. The molecule has 0 N–H and O–H groups in total. The molecular formula is C36H53NO. The Hall–Kier alpha value is -2.27. The molecule has 0 radical (unpaired) electrons. The lowest BCUT2D eigenvalue weighted by atomic mass is 9.67. The summed E-state index contributed by atoms with van der Waals surface area (Å²) in [5.74, 6) is 1.07. The Morgan fingerprint density at radius 2 is 1.34 bits per heavy atom. The quantitative estimate of drug-likeness (QED) is 0.185. The van der Waals surface area contributed by atoms with E-state index in [1.54, 1.807) is 0 Å². The van der Waals surface area contributed by atoms with Gasteiger partial charge in [-0.15, -0.1) is 0 Å². The zero-order chi connectivity index (χ0) is 26.9. The van der Waals surface area contributed by atoms with E-state index in [9.17, 15) is 5.26 Å². The fourth-order valence-electron chi connectivity index (χ4n) is 6.30. The summed E-state index contributed by atoms with van der Waals surface area (Å²) < 4.78 is 5.90.